The number of thiazole rings is 1. The summed E-state index contributed by atoms with van der Waals surface area (Å²) >= 11 is 1.62. The number of hydrogen-bond donors (Lipinski definition) is 0. The molecule has 1 amide bonds. The molecule has 8 heteroatoms. The van der Waals surface area contributed by atoms with Crippen molar-refractivity contribution in [1.29, 1.82) is 0 Å². The second-order valence-corrected chi connectivity index (χ2v) is 9.98. The fraction of sp³-hybridized carbons (Fsp3) is 0.296. The Labute approximate surface area is 208 Å². The minimum atomic E-state index is -0.352. The van der Waals surface area contributed by atoms with Gasteiger partial charge in [0, 0.05) is 47.6 Å². The van der Waals surface area contributed by atoms with Gasteiger partial charge < -0.3 is 14.5 Å². The van der Waals surface area contributed by atoms with Gasteiger partial charge in [0.25, 0.3) is 5.91 Å². The average Bonchev–Trinajstić information content (AvgIpc) is 3.62. The van der Waals surface area contributed by atoms with Crippen LogP contribution in [0.5, 0.6) is 5.75 Å². The molecule has 2 heterocycles. The van der Waals surface area contributed by atoms with E-state index in [-0.39, 0.29) is 17.8 Å². The number of fused-ring (bicyclic) bond motifs is 1. The topological polar surface area (TPSA) is 58.6 Å². The molecule has 180 valence electrons. The van der Waals surface area contributed by atoms with Crippen molar-refractivity contribution in [1.82, 2.24) is 14.9 Å². The number of anilines is 1. The fourth-order valence-electron chi connectivity index (χ4n) is 4.25. The van der Waals surface area contributed by atoms with Crippen LogP contribution in [0.4, 0.5) is 10.2 Å². The molecular weight excluding hydrogens is 463 g/mol. The van der Waals surface area contributed by atoms with Crippen molar-refractivity contribution in [2.75, 3.05) is 19.1 Å². The van der Waals surface area contributed by atoms with E-state index in [1.165, 1.54) is 12.1 Å². The van der Waals surface area contributed by atoms with E-state index in [2.05, 4.69) is 21.3 Å². The SMILES string of the molecule is COc1ccc2cc(CN(C(=O)c3ccc(F)cc3)C3CC3)c(N(C)Cc3csc(C)n3)nc2c1. The molecule has 1 saturated carbocycles. The van der Waals surface area contributed by atoms with Gasteiger partial charge in [-0.1, -0.05) is 0 Å². The predicted molar refractivity (Wildman–Crippen MR) is 137 cm³/mol. The number of aryl methyl sites for hydroxylation is 1. The minimum Gasteiger partial charge on any atom is -0.497 e. The number of halogens is 1. The normalized spacial score (nSPS) is 13.1. The van der Waals surface area contributed by atoms with Crippen molar-refractivity contribution in [3.63, 3.8) is 0 Å². The molecule has 6 nitrogen and oxygen atoms in total. The third-order valence-corrected chi connectivity index (χ3v) is 7.01. The van der Waals surface area contributed by atoms with E-state index in [0.29, 0.717) is 18.7 Å². The van der Waals surface area contributed by atoms with Gasteiger partial charge >= 0.3 is 0 Å². The van der Waals surface area contributed by atoms with E-state index >= 15 is 0 Å². The number of carbonyl (C=O) groups excluding carboxylic acids is 1. The monoisotopic (exact) mass is 490 g/mol. The predicted octanol–water partition coefficient (Wildman–Crippen LogP) is 5.59. The largest absolute Gasteiger partial charge is 0.497 e. The summed E-state index contributed by atoms with van der Waals surface area (Å²) in [6.45, 7) is 3.02. The summed E-state index contributed by atoms with van der Waals surface area (Å²) in [6.07, 6.45) is 1.93. The molecule has 0 bridgehead atoms. The summed E-state index contributed by atoms with van der Waals surface area (Å²) in [5.41, 5.74) is 3.26. The van der Waals surface area contributed by atoms with Crippen LogP contribution in [-0.2, 0) is 13.1 Å². The zero-order chi connectivity index (χ0) is 24.5. The number of aromatic nitrogens is 2. The fourth-order valence-corrected chi connectivity index (χ4v) is 4.85. The molecule has 2 aromatic carbocycles. The van der Waals surface area contributed by atoms with Gasteiger partial charge in [0.05, 0.1) is 29.9 Å². The Balaban J connectivity index is 1.52. The molecular formula is C27H27FN4O2S. The van der Waals surface area contributed by atoms with Crippen molar-refractivity contribution in [3.05, 3.63) is 81.6 Å². The second kappa shape index (κ2) is 9.62. The summed E-state index contributed by atoms with van der Waals surface area (Å²) in [5, 5.41) is 4.06. The molecule has 0 N–H and O–H groups in total. The zero-order valence-corrected chi connectivity index (χ0v) is 20.8. The Kier molecular flexibility index (Phi) is 6.38. The maximum Gasteiger partial charge on any atom is 0.254 e. The number of nitrogens with zero attached hydrogens (tertiary/aromatic N) is 4. The van der Waals surface area contributed by atoms with Gasteiger partial charge in [-0.15, -0.1) is 11.3 Å². The molecule has 0 aliphatic heterocycles. The number of hydrogen-bond acceptors (Lipinski definition) is 6. The second-order valence-electron chi connectivity index (χ2n) is 8.91. The van der Waals surface area contributed by atoms with E-state index in [0.717, 1.165) is 51.6 Å². The number of carbonyl (C=O) groups is 1. The highest BCUT2D eigenvalue weighted by atomic mass is 32.1. The Morgan fingerprint density at radius 3 is 2.54 bits per heavy atom. The molecule has 1 aliphatic rings. The van der Waals surface area contributed by atoms with Gasteiger partial charge in [-0.05, 0) is 62.2 Å². The van der Waals surface area contributed by atoms with Crippen LogP contribution in [-0.4, -0.2) is 41.0 Å². The maximum atomic E-state index is 13.4. The van der Waals surface area contributed by atoms with Crippen LogP contribution >= 0.6 is 11.3 Å². The molecule has 0 unspecified atom stereocenters. The molecule has 0 radical (unpaired) electrons. The first-order valence-corrected chi connectivity index (χ1v) is 12.5. The van der Waals surface area contributed by atoms with E-state index in [1.54, 1.807) is 30.6 Å². The third kappa shape index (κ3) is 5.12. The lowest BCUT2D eigenvalue weighted by atomic mass is 10.1. The number of pyridine rings is 1. The highest BCUT2D eigenvalue weighted by molar-refractivity contribution is 7.09. The van der Waals surface area contributed by atoms with Crippen LogP contribution in [0.15, 0.2) is 53.9 Å². The van der Waals surface area contributed by atoms with E-state index in [4.69, 9.17) is 9.72 Å². The maximum absolute atomic E-state index is 13.4. The van der Waals surface area contributed by atoms with Crippen molar-refractivity contribution in [2.45, 2.75) is 38.9 Å². The van der Waals surface area contributed by atoms with Crippen LogP contribution < -0.4 is 9.64 Å². The van der Waals surface area contributed by atoms with E-state index in [9.17, 15) is 9.18 Å². The third-order valence-electron chi connectivity index (χ3n) is 6.19. The van der Waals surface area contributed by atoms with Gasteiger partial charge in [0.15, 0.2) is 0 Å². The Morgan fingerprint density at radius 1 is 1.11 bits per heavy atom. The van der Waals surface area contributed by atoms with Crippen LogP contribution in [0.2, 0.25) is 0 Å². The molecule has 35 heavy (non-hydrogen) atoms. The minimum absolute atomic E-state index is 0.0916. The number of rotatable bonds is 8. The van der Waals surface area contributed by atoms with Crippen LogP contribution in [0.25, 0.3) is 10.9 Å². The lowest BCUT2D eigenvalue weighted by molar-refractivity contribution is 0.0730. The molecule has 0 spiro atoms. The lowest BCUT2D eigenvalue weighted by Gasteiger charge is -2.27. The highest BCUT2D eigenvalue weighted by Crippen LogP contribution is 2.33. The lowest BCUT2D eigenvalue weighted by Crippen LogP contribution is -2.33. The quantitative estimate of drug-likeness (QED) is 0.322. The summed E-state index contributed by atoms with van der Waals surface area (Å²) < 4.78 is 18.8. The molecule has 1 fully saturated rings. The zero-order valence-electron chi connectivity index (χ0n) is 20.0. The molecule has 0 atom stereocenters. The van der Waals surface area contributed by atoms with Gasteiger partial charge in [0.2, 0.25) is 0 Å². The van der Waals surface area contributed by atoms with Crippen molar-refractivity contribution in [2.24, 2.45) is 0 Å². The molecule has 1 aliphatic carbocycles. The van der Waals surface area contributed by atoms with E-state index in [1.807, 2.05) is 37.1 Å². The Hall–Kier alpha value is -3.52. The van der Waals surface area contributed by atoms with E-state index < -0.39 is 0 Å². The van der Waals surface area contributed by atoms with Gasteiger partial charge in [-0.2, -0.15) is 0 Å². The van der Waals surface area contributed by atoms with Gasteiger partial charge in [-0.3, -0.25) is 4.79 Å². The highest BCUT2D eigenvalue weighted by Gasteiger charge is 2.34. The molecule has 4 aromatic rings. The molecule has 2 aromatic heterocycles. The van der Waals surface area contributed by atoms with Gasteiger partial charge in [-0.25, -0.2) is 14.4 Å². The average molecular weight is 491 g/mol. The van der Waals surface area contributed by atoms with Crippen LogP contribution in [0, 0.1) is 12.7 Å². The Morgan fingerprint density at radius 2 is 1.89 bits per heavy atom. The summed E-state index contributed by atoms with van der Waals surface area (Å²) in [7, 11) is 3.64. The van der Waals surface area contributed by atoms with Crippen LogP contribution in [0.1, 0.15) is 39.5 Å². The van der Waals surface area contributed by atoms with Crippen molar-refractivity contribution < 1.29 is 13.9 Å². The number of methoxy groups -OCH3 is 1. The number of ether oxygens (including phenoxy) is 1. The molecule has 0 saturated heterocycles. The molecule has 5 rings (SSSR count). The Bertz CT molecular complexity index is 1370. The summed E-state index contributed by atoms with van der Waals surface area (Å²) in [4.78, 5) is 27.0. The first-order chi connectivity index (χ1) is 16.9. The van der Waals surface area contributed by atoms with Crippen molar-refractivity contribution in [3.8, 4) is 5.75 Å². The smallest absolute Gasteiger partial charge is 0.254 e. The standard InChI is InChI=1S/C27H27FN4O2S/c1-17-29-22(16-35-17)15-31(2)26-20(12-19-6-11-24(34-3)13-25(19)30-26)14-32(23-9-10-23)27(33)18-4-7-21(28)8-5-18/h4-8,11-13,16,23H,9-10,14-15H2,1-3H3. The first kappa shape index (κ1) is 23.2. The van der Waals surface area contributed by atoms with Crippen molar-refractivity contribution >= 4 is 34.0 Å². The van der Waals surface area contributed by atoms with Gasteiger partial charge in [0.1, 0.15) is 17.4 Å². The number of amides is 1. The summed E-state index contributed by atoms with van der Waals surface area (Å²) in [6, 6.07) is 13.9. The summed E-state index contributed by atoms with van der Waals surface area (Å²) in [5.74, 6) is 1.10. The first-order valence-electron chi connectivity index (χ1n) is 11.6. The van der Waals surface area contributed by atoms with Crippen LogP contribution in [0.3, 0.4) is 0 Å². The number of benzene rings is 2.